The van der Waals surface area contributed by atoms with E-state index >= 15 is 0 Å². The Hall–Kier alpha value is -0.320. The number of nitrogens with one attached hydrogen (secondary N) is 1. The number of carboxylic acids is 1. The fourth-order valence-corrected chi connectivity index (χ4v) is 0.509. The summed E-state index contributed by atoms with van der Waals surface area (Å²) in [5.74, 6) is -0.974. The summed E-state index contributed by atoms with van der Waals surface area (Å²) in [6.45, 7) is 0.326. The molecule has 0 aromatic carbocycles. The van der Waals surface area contributed by atoms with Gasteiger partial charge < -0.3 is 15.5 Å². The highest BCUT2D eigenvalue weighted by atomic mass is 35.5. The van der Waals surface area contributed by atoms with Crippen LogP contribution < -0.4 is 5.32 Å². The Morgan fingerprint density at radius 2 is 2.20 bits per heavy atom. The maximum atomic E-state index is 9.90. The van der Waals surface area contributed by atoms with Crippen LogP contribution in [-0.2, 0) is 4.79 Å². The molecule has 0 aromatic heterocycles. The van der Waals surface area contributed by atoms with Crippen molar-refractivity contribution in [3.05, 3.63) is 0 Å². The summed E-state index contributed by atoms with van der Waals surface area (Å²) in [6, 6.07) is 0. The van der Waals surface area contributed by atoms with Crippen LogP contribution in [-0.4, -0.2) is 35.9 Å². The van der Waals surface area contributed by atoms with E-state index in [4.69, 9.17) is 10.2 Å². The molecule has 3 N–H and O–H groups in total. The predicted octanol–water partition coefficient (Wildman–Crippen LogP) is -0.537. The second kappa shape index (κ2) is 6.80. The Morgan fingerprint density at radius 1 is 1.70 bits per heavy atom. The molecule has 0 heterocycles. The molecule has 0 aliphatic heterocycles. The summed E-state index contributed by atoms with van der Waals surface area (Å²) in [6.07, 6.45) is -0.964. The predicted molar refractivity (Wildman–Crippen MR) is 39.4 cm³/mol. The van der Waals surface area contributed by atoms with Crippen molar-refractivity contribution in [2.45, 2.75) is 12.5 Å². The van der Waals surface area contributed by atoms with E-state index in [0.717, 1.165) is 0 Å². The van der Waals surface area contributed by atoms with Gasteiger partial charge in [0, 0.05) is 6.54 Å². The van der Waals surface area contributed by atoms with Crippen LogP contribution in [0.15, 0.2) is 0 Å². The van der Waals surface area contributed by atoms with E-state index in [-0.39, 0.29) is 18.8 Å². The van der Waals surface area contributed by atoms with E-state index < -0.39 is 12.1 Å². The summed E-state index contributed by atoms with van der Waals surface area (Å²) >= 11 is 0. The maximum absolute atomic E-state index is 9.90. The average Bonchev–Trinajstić information content (AvgIpc) is 1.63. The number of aliphatic carboxylic acids is 1. The van der Waals surface area contributed by atoms with Gasteiger partial charge in [-0.1, -0.05) is 0 Å². The van der Waals surface area contributed by atoms with E-state index in [1.165, 1.54) is 0 Å². The zero-order chi connectivity index (χ0) is 7.28. The summed E-state index contributed by atoms with van der Waals surface area (Å²) in [4.78, 5) is 9.90. The third-order valence-electron chi connectivity index (χ3n) is 0.850. The van der Waals surface area contributed by atoms with E-state index in [1.54, 1.807) is 7.05 Å². The molecule has 5 heteroatoms. The number of rotatable bonds is 4. The molecule has 62 valence electrons. The second-order valence-corrected chi connectivity index (χ2v) is 1.81. The highest BCUT2D eigenvalue weighted by molar-refractivity contribution is 5.85. The van der Waals surface area contributed by atoms with Crippen molar-refractivity contribution >= 4 is 18.4 Å². The zero-order valence-corrected chi connectivity index (χ0v) is 6.52. The normalized spacial score (nSPS) is 11.8. The second-order valence-electron chi connectivity index (χ2n) is 1.81. The summed E-state index contributed by atoms with van der Waals surface area (Å²) in [5, 5.41) is 19.6. The fraction of sp³-hybridized carbons (Fsp3) is 0.800. The van der Waals surface area contributed by atoms with Gasteiger partial charge in [0.1, 0.15) is 0 Å². The largest absolute Gasteiger partial charge is 0.481 e. The first kappa shape index (κ1) is 12.4. The Balaban J connectivity index is 0. The van der Waals surface area contributed by atoms with Crippen molar-refractivity contribution in [3.63, 3.8) is 0 Å². The van der Waals surface area contributed by atoms with Gasteiger partial charge in [-0.2, -0.15) is 0 Å². The first-order valence-electron chi connectivity index (χ1n) is 2.71. The lowest BCUT2D eigenvalue weighted by Gasteiger charge is -2.04. The summed E-state index contributed by atoms with van der Waals surface area (Å²) in [7, 11) is 1.66. The molecule has 0 aliphatic carbocycles. The number of hydrogen-bond donors (Lipinski definition) is 3. The minimum Gasteiger partial charge on any atom is -0.481 e. The molecule has 0 saturated carbocycles. The van der Waals surface area contributed by atoms with Gasteiger partial charge in [0.2, 0.25) is 0 Å². The Bertz CT molecular complexity index is 98.9. The van der Waals surface area contributed by atoms with Gasteiger partial charge >= 0.3 is 5.97 Å². The third-order valence-corrected chi connectivity index (χ3v) is 0.850. The molecule has 0 fully saturated rings. The van der Waals surface area contributed by atoms with Crippen LogP contribution in [0.1, 0.15) is 6.42 Å². The number of carbonyl (C=O) groups is 1. The van der Waals surface area contributed by atoms with Crippen molar-refractivity contribution in [1.29, 1.82) is 0 Å². The van der Waals surface area contributed by atoms with E-state index in [1.807, 2.05) is 0 Å². The average molecular weight is 170 g/mol. The molecule has 0 rings (SSSR count). The van der Waals surface area contributed by atoms with E-state index in [0.29, 0.717) is 6.54 Å². The number of aliphatic hydroxyl groups excluding tert-OH is 1. The molecule has 0 aromatic rings. The van der Waals surface area contributed by atoms with E-state index in [2.05, 4.69) is 5.32 Å². The molecule has 0 aliphatic rings. The van der Waals surface area contributed by atoms with Crippen molar-refractivity contribution in [3.8, 4) is 0 Å². The minimum absolute atomic E-state index is 0. The highest BCUT2D eigenvalue weighted by Gasteiger charge is 2.06. The van der Waals surface area contributed by atoms with E-state index in [9.17, 15) is 4.79 Å². The third kappa shape index (κ3) is 7.68. The molecule has 1 unspecified atom stereocenters. The molecule has 0 amide bonds. The SMILES string of the molecule is CNCC(O)CC(=O)O.Cl. The van der Waals surface area contributed by atoms with Crippen molar-refractivity contribution in [2.75, 3.05) is 13.6 Å². The molecular weight excluding hydrogens is 158 g/mol. The molecule has 1 atom stereocenters. The van der Waals surface area contributed by atoms with Gasteiger partial charge in [0.15, 0.2) is 0 Å². The number of aliphatic hydroxyl groups is 1. The van der Waals surface area contributed by atoms with Gasteiger partial charge in [-0.05, 0) is 7.05 Å². The van der Waals surface area contributed by atoms with Crippen LogP contribution in [0.3, 0.4) is 0 Å². The lowest BCUT2D eigenvalue weighted by Crippen LogP contribution is -2.25. The Morgan fingerprint density at radius 3 is 2.50 bits per heavy atom. The zero-order valence-electron chi connectivity index (χ0n) is 5.70. The maximum Gasteiger partial charge on any atom is 0.306 e. The van der Waals surface area contributed by atoms with Crippen molar-refractivity contribution < 1.29 is 15.0 Å². The smallest absolute Gasteiger partial charge is 0.306 e. The lowest BCUT2D eigenvalue weighted by atomic mass is 10.2. The molecule has 0 bridgehead atoms. The number of carboxylic acid groups (broad SMARTS) is 1. The van der Waals surface area contributed by atoms with Crippen LogP contribution in [0.5, 0.6) is 0 Å². The van der Waals surface area contributed by atoms with Gasteiger partial charge in [0.05, 0.1) is 12.5 Å². The molecule has 0 spiro atoms. The summed E-state index contributed by atoms with van der Waals surface area (Å²) in [5.41, 5.74) is 0. The number of halogens is 1. The fourth-order valence-electron chi connectivity index (χ4n) is 0.509. The summed E-state index contributed by atoms with van der Waals surface area (Å²) < 4.78 is 0. The van der Waals surface area contributed by atoms with Crippen LogP contribution in [0.4, 0.5) is 0 Å². The van der Waals surface area contributed by atoms with Crippen LogP contribution in [0.25, 0.3) is 0 Å². The van der Waals surface area contributed by atoms with Crippen molar-refractivity contribution in [1.82, 2.24) is 5.32 Å². The van der Waals surface area contributed by atoms with Crippen LogP contribution in [0, 0.1) is 0 Å². The number of hydrogen-bond acceptors (Lipinski definition) is 3. The van der Waals surface area contributed by atoms with Gasteiger partial charge in [0.25, 0.3) is 0 Å². The monoisotopic (exact) mass is 169 g/mol. The Labute approximate surface area is 65.7 Å². The van der Waals surface area contributed by atoms with Crippen LogP contribution >= 0.6 is 12.4 Å². The minimum atomic E-state index is -0.974. The Kier molecular flexibility index (Phi) is 8.40. The molecule has 0 radical (unpaired) electrons. The quantitative estimate of drug-likeness (QED) is 0.529. The van der Waals surface area contributed by atoms with Gasteiger partial charge in [-0.25, -0.2) is 0 Å². The molecular formula is C5H12ClNO3. The van der Waals surface area contributed by atoms with Crippen molar-refractivity contribution in [2.24, 2.45) is 0 Å². The molecule has 0 saturated heterocycles. The number of likely N-dealkylation sites (N-methyl/N-ethyl adjacent to an activating group) is 1. The van der Waals surface area contributed by atoms with Crippen LogP contribution in [0.2, 0.25) is 0 Å². The molecule has 10 heavy (non-hydrogen) atoms. The first-order valence-corrected chi connectivity index (χ1v) is 2.71. The van der Waals surface area contributed by atoms with Gasteiger partial charge in [-0.3, -0.25) is 4.79 Å². The van der Waals surface area contributed by atoms with Gasteiger partial charge in [-0.15, -0.1) is 12.4 Å². The molecule has 4 nitrogen and oxygen atoms in total. The highest BCUT2D eigenvalue weighted by Crippen LogP contribution is 1.87. The topological polar surface area (TPSA) is 69.6 Å². The standard InChI is InChI=1S/C5H11NO3.ClH/c1-6-3-4(7)2-5(8)9;/h4,6-7H,2-3H2,1H3,(H,8,9);1H. The first-order chi connectivity index (χ1) is 4.16. The lowest BCUT2D eigenvalue weighted by molar-refractivity contribution is -0.139.